The summed E-state index contributed by atoms with van der Waals surface area (Å²) in [6, 6.07) is 2.19. The average Bonchev–Trinajstić information content (AvgIpc) is 3.21. The number of hydrogen-bond donors (Lipinski definition) is 1. The molecule has 1 N–H and O–H groups in total. The van der Waals surface area contributed by atoms with E-state index >= 15 is 0 Å². The summed E-state index contributed by atoms with van der Waals surface area (Å²) < 4.78 is 39.2. The van der Waals surface area contributed by atoms with E-state index in [9.17, 15) is 18.0 Å². The lowest BCUT2D eigenvalue weighted by atomic mass is 10.1. The van der Waals surface area contributed by atoms with Gasteiger partial charge in [-0.1, -0.05) is 12.8 Å². The van der Waals surface area contributed by atoms with Crippen molar-refractivity contribution in [2.75, 3.05) is 6.54 Å². The van der Waals surface area contributed by atoms with Gasteiger partial charge in [0.25, 0.3) is 5.91 Å². The third-order valence-electron chi connectivity index (χ3n) is 4.57. The normalized spacial score (nSPS) is 15.5. The van der Waals surface area contributed by atoms with Gasteiger partial charge in [-0.2, -0.15) is 18.3 Å². The average molecular weight is 352 g/mol. The molecule has 0 radical (unpaired) electrons. The Morgan fingerprint density at radius 1 is 1.28 bits per heavy atom. The number of nitrogens with zero attached hydrogens (tertiary/aromatic N) is 3. The first-order chi connectivity index (χ1) is 11.9. The Kier molecular flexibility index (Phi) is 4.78. The highest BCUT2D eigenvalue weighted by Gasteiger charge is 2.30. The second-order valence-corrected chi connectivity index (χ2v) is 6.32. The Morgan fingerprint density at radius 3 is 2.60 bits per heavy atom. The highest BCUT2D eigenvalue weighted by atomic mass is 19.4. The largest absolute Gasteiger partial charge is 0.417 e. The van der Waals surface area contributed by atoms with Crippen LogP contribution in [0, 0.1) is 12.8 Å². The number of pyridine rings is 1. The van der Waals surface area contributed by atoms with Crippen LogP contribution in [-0.4, -0.2) is 27.2 Å². The Bertz CT molecular complexity index is 746. The molecule has 2 aromatic rings. The molecule has 1 aliphatic carbocycles. The van der Waals surface area contributed by atoms with E-state index in [1.54, 1.807) is 6.92 Å². The van der Waals surface area contributed by atoms with Crippen LogP contribution in [-0.2, 0) is 6.18 Å². The molecule has 1 fully saturated rings. The van der Waals surface area contributed by atoms with Gasteiger partial charge in [0.2, 0.25) is 0 Å². The number of carbonyl (C=O) groups is 1. The SMILES string of the molecule is Cc1c(C(=O)NCC2CCCC2)cnn1-c1ccc(C(F)(F)F)cn1. The van der Waals surface area contributed by atoms with Gasteiger partial charge >= 0.3 is 6.18 Å². The second kappa shape index (κ2) is 6.85. The van der Waals surface area contributed by atoms with E-state index in [4.69, 9.17) is 0 Å². The predicted octanol–water partition coefficient (Wildman–Crippen LogP) is 3.51. The molecule has 1 aliphatic rings. The molecular formula is C17H19F3N4O. The molecule has 0 aliphatic heterocycles. The number of carbonyl (C=O) groups excluding carboxylic acids is 1. The van der Waals surface area contributed by atoms with Crippen molar-refractivity contribution in [1.29, 1.82) is 0 Å². The Balaban J connectivity index is 1.73. The third-order valence-corrected chi connectivity index (χ3v) is 4.57. The maximum atomic E-state index is 12.6. The molecule has 1 saturated carbocycles. The van der Waals surface area contributed by atoms with Crippen molar-refractivity contribution >= 4 is 5.91 Å². The molecule has 8 heteroatoms. The standard InChI is InChI=1S/C17H19F3N4O/c1-11-14(16(25)22-8-12-4-2-3-5-12)10-23-24(11)15-7-6-13(9-21-15)17(18,19)20/h6-7,9-10,12H,2-5,8H2,1H3,(H,22,25). The van der Waals surface area contributed by atoms with Gasteiger partial charge in [0.05, 0.1) is 23.0 Å². The molecule has 2 aromatic heterocycles. The van der Waals surface area contributed by atoms with Crippen LogP contribution in [0.1, 0.15) is 47.3 Å². The number of hydrogen-bond acceptors (Lipinski definition) is 3. The predicted molar refractivity (Wildman–Crippen MR) is 85.4 cm³/mol. The number of nitrogens with one attached hydrogen (secondary N) is 1. The molecule has 0 saturated heterocycles. The lowest BCUT2D eigenvalue weighted by Gasteiger charge is -2.10. The van der Waals surface area contributed by atoms with Crippen molar-refractivity contribution in [1.82, 2.24) is 20.1 Å². The lowest BCUT2D eigenvalue weighted by molar-refractivity contribution is -0.137. The summed E-state index contributed by atoms with van der Waals surface area (Å²) in [5, 5.41) is 7.00. The van der Waals surface area contributed by atoms with Gasteiger partial charge in [0, 0.05) is 12.7 Å². The fourth-order valence-corrected chi connectivity index (χ4v) is 3.09. The van der Waals surface area contributed by atoms with Crippen LogP contribution in [0.3, 0.4) is 0 Å². The first-order valence-corrected chi connectivity index (χ1v) is 8.22. The van der Waals surface area contributed by atoms with E-state index in [1.165, 1.54) is 29.8 Å². The maximum absolute atomic E-state index is 12.6. The van der Waals surface area contributed by atoms with Crippen molar-refractivity contribution in [3.63, 3.8) is 0 Å². The summed E-state index contributed by atoms with van der Waals surface area (Å²) in [4.78, 5) is 16.1. The van der Waals surface area contributed by atoms with Crippen molar-refractivity contribution < 1.29 is 18.0 Å². The minimum Gasteiger partial charge on any atom is -0.352 e. The Hall–Kier alpha value is -2.38. The van der Waals surface area contributed by atoms with Crippen LogP contribution in [0.5, 0.6) is 0 Å². The van der Waals surface area contributed by atoms with Crippen LogP contribution < -0.4 is 5.32 Å². The van der Waals surface area contributed by atoms with E-state index in [2.05, 4.69) is 15.4 Å². The molecule has 5 nitrogen and oxygen atoms in total. The second-order valence-electron chi connectivity index (χ2n) is 6.32. The topological polar surface area (TPSA) is 59.8 Å². The van der Waals surface area contributed by atoms with Crippen LogP contribution in [0.25, 0.3) is 5.82 Å². The zero-order chi connectivity index (χ0) is 18.0. The zero-order valence-electron chi connectivity index (χ0n) is 13.8. The van der Waals surface area contributed by atoms with Gasteiger partial charge in [-0.15, -0.1) is 0 Å². The van der Waals surface area contributed by atoms with Crippen molar-refractivity contribution in [3.8, 4) is 5.82 Å². The molecule has 0 atom stereocenters. The molecular weight excluding hydrogens is 333 g/mol. The molecule has 1 amide bonds. The summed E-state index contributed by atoms with van der Waals surface area (Å²) in [5.74, 6) is 0.541. The molecule has 3 rings (SSSR count). The monoisotopic (exact) mass is 352 g/mol. The highest BCUT2D eigenvalue weighted by molar-refractivity contribution is 5.95. The first kappa shape index (κ1) is 17.4. The highest BCUT2D eigenvalue weighted by Crippen LogP contribution is 2.29. The molecule has 25 heavy (non-hydrogen) atoms. The van der Waals surface area contributed by atoms with Gasteiger partial charge in [-0.05, 0) is 37.8 Å². The fourth-order valence-electron chi connectivity index (χ4n) is 3.09. The maximum Gasteiger partial charge on any atom is 0.417 e. The van der Waals surface area contributed by atoms with Crippen LogP contribution in [0.2, 0.25) is 0 Å². The number of aromatic nitrogens is 3. The summed E-state index contributed by atoms with van der Waals surface area (Å²) >= 11 is 0. The number of alkyl halides is 3. The van der Waals surface area contributed by atoms with Gasteiger partial charge in [0.1, 0.15) is 0 Å². The molecule has 134 valence electrons. The van der Waals surface area contributed by atoms with E-state index in [1.807, 2.05) is 0 Å². The number of halogens is 3. The summed E-state index contributed by atoms with van der Waals surface area (Å²) in [6.07, 6.45) is 2.42. The van der Waals surface area contributed by atoms with E-state index in [0.29, 0.717) is 23.7 Å². The van der Waals surface area contributed by atoms with E-state index in [0.717, 1.165) is 25.1 Å². The first-order valence-electron chi connectivity index (χ1n) is 8.22. The van der Waals surface area contributed by atoms with Gasteiger partial charge in [-0.25, -0.2) is 9.67 Å². The van der Waals surface area contributed by atoms with Gasteiger partial charge in [-0.3, -0.25) is 4.79 Å². The minimum absolute atomic E-state index is 0.220. The smallest absolute Gasteiger partial charge is 0.352 e. The number of rotatable bonds is 4. The number of amides is 1. The Labute approximate surface area is 143 Å². The molecule has 0 unspecified atom stereocenters. The van der Waals surface area contributed by atoms with Crippen molar-refractivity contribution in [2.45, 2.75) is 38.8 Å². The van der Waals surface area contributed by atoms with Gasteiger partial charge < -0.3 is 5.32 Å². The third kappa shape index (κ3) is 3.83. The summed E-state index contributed by atoms with van der Waals surface area (Å²) in [5.41, 5.74) is 0.117. The zero-order valence-corrected chi connectivity index (χ0v) is 13.8. The van der Waals surface area contributed by atoms with Crippen molar-refractivity contribution in [3.05, 3.63) is 41.3 Å². The van der Waals surface area contributed by atoms with Crippen LogP contribution in [0.15, 0.2) is 24.5 Å². The molecule has 0 aromatic carbocycles. The lowest BCUT2D eigenvalue weighted by Crippen LogP contribution is -2.28. The summed E-state index contributed by atoms with van der Waals surface area (Å²) in [6.45, 7) is 2.33. The summed E-state index contributed by atoms with van der Waals surface area (Å²) in [7, 11) is 0. The fraction of sp³-hybridized carbons (Fsp3) is 0.471. The quantitative estimate of drug-likeness (QED) is 0.916. The van der Waals surface area contributed by atoms with E-state index in [-0.39, 0.29) is 11.7 Å². The van der Waals surface area contributed by atoms with E-state index < -0.39 is 11.7 Å². The Morgan fingerprint density at radius 2 is 2.00 bits per heavy atom. The molecule has 0 bridgehead atoms. The van der Waals surface area contributed by atoms with Crippen molar-refractivity contribution in [2.24, 2.45) is 5.92 Å². The van der Waals surface area contributed by atoms with Crippen LogP contribution >= 0.6 is 0 Å². The minimum atomic E-state index is -4.43. The molecule has 0 spiro atoms. The van der Waals surface area contributed by atoms with Gasteiger partial charge in [0.15, 0.2) is 5.82 Å². The molecule has 2 heterocycles. The van der Waals surface area contributed by atoms with Crippen LogP contribution in [0.4, 0.5) is 13.2 Å².